The van der Waals surface area contributed by atoms with Gasteiger partial charge in [-0.25, -0.2) is 4.39 Å². The maximum absolute atomic E-state index is 13.2. The van der Waals surface area contributed by atoms with Gasteiger partial charge in [0.15, 0.2) is 0 Å². The normalized spacial score (nSPS) is 25.3. The van der Waals surface area contributed by atoms with Crippen LogP contribution in [0.15, 0.2) is 24.3 Å². The van der Waals surface area contributed by atoms with Crippen LogP contribution in [0.2, 0.25) is 0 Å². The third-order valence-electron chi connectivity index (χ3n) is 4.55. The van der Waals surface area contributed by atoms with E-state index >= 15 is 0 Å². The number of hydrogen-bond acceptors (Lipinski definition) is 2. The minimum atomic E-state index is -0.232. The first-order valence-electron chi connectivity index (χ1n) is 7.37. The summed E-state index contributed by atoms with van der Waals surface area (Å²) in [7, 11) is 0. The zero-order valence-electron chi connectivity index (χ0n) is 12.2. The zero-order chi connectivity index (χ0) is 14.1. The maximum atomic E-state index is 13.2. The van der Waals surface area contributed by atoms with Crippen molar-refractivity contribution in [2.75, 3.05) is 26.2 Å². The summed E-state index contributed by atoms with van der Waals surface area (Å²) < 4.78 is 13.2. The molecule has 3 atom stereocenters. The highest BCUT2D eigenvalue weighted by atomic mass is 35.5. The van der Waals surface area contributed by atoms with Crippen LogP contribution >= 0.6 is 12.4 Å². The number of amides is 1. The van der Waals surface area contributed by atoms with Crippen molar-refractivity contribution in [1.82, 2.24) is 10.2 Å². The summed E-state index contributed by atoms with van der Waals surface area (Å²) in [6, 6.07) is 6.54. The van der Waals surface area contributed by atoms with Crippen LogP contribution in [0.4, 0.5) is 4.39 Å². The predicted molar refractivity (Wildman–Crippen MR) is 82.9 cm³/mol. The Balaban J connectivity index is 0.00000161. The van der Waals surface area contributed by atoms with Crippen molar-refractivity contribution in [3.8, 4) is 0 Å². The third kappa shape index (κ3) is 3.55. The highest BCUT2D eigenvalue weighted by molar-refractivity contribution is 5.85. The number of fused-ring (bicyclic) bond motifs is 1. The van der Waals surface area contributed by atoms with Gasteiger partial charge >= 0.3 is 0 Å². The highest BCUT2D eigenvalue weighted by Crippen LogP contribution is 2.27. The first-order chi connectivity index (χ1) is 9.63. The van der Waals surface area contributed by atoms with E-state index in [1.165, 1.54) is 12.1 Å². The Morgan fingerprint density at radius 2 is 2.05 bits per heavy atom. The van der Waals surface area contributed by atoms with Gasteiger partial charge in [-0.2, -0.15) is 0 Å². The minimum absolute atomic E-state index is 0. The zero-order valence-corrected chi connectivity index (χ0v) is 13.0. The van der Waals surface area contributed by atoms with E-state index in [2.05, 4.69) is 5.32 Å². The van der Waals surface area contributed by atoms with Gasteiger partial charge in [0.05, 0.1) is 0 Å². The molecule has 0 saturated carbocycles. The number of likely N-dealkylation sites (tertiary alicyclic amines) is 1. The van der Waals surface area contributed by atoms with Crippen LogP contribution in [0.1, 0.15) is 12.5 Å². The van der Waals surface area contributed by atoms with Crippen LogP contribution in [0.3, 0.4) is 0 Å². The Bertz CT molecular complexity index is 499. The summed E-state index contributed by atoms with van der Waals surface area (Å²) in [4.78, 5) is 14.5. The van der Waals surface area contributed by atoms with E-state index in [9.17, 15) is 9.18 Å². The molecule has 2 fully saturated rings. The fraction of sp³-hybridized carbons (Fsp3) is 0.562. The smallest absolute Gasteiger partial charge is 0.225 e. The lowest BCUT2D eigenvalue weighted by atomic mass is 10.00. The lowest BCUT2D eigenvalue weighted by Gasteiger charge is -2.22. The summed E-state index contributed by atoms with van der Waals surface area (Å²) in [5, 5.41) is 3.38. The Hall–Kier alpha value is -1.13. The second kappa shape index (κ2) is 6.75. The van der Waals surface area contributed by atoms with Gasteiger partial charge in [-0.15, -0.1) is 12.4 Å². The first kappa shape index (κ1) is 16.2. The molecule has 2 saturated heterocycles. The molecule has 1 aromatic carbocycles. The molecule has 1 N–H and O–H groups in total. The Kier molecular flexibility index (Phi) is 5.22. The molecule has 0 aliphatic carbocycles. The van der Waals surface area contributed by atoms with Gasteiger partial charge in [-0.3, -0.25) is 4.79 Å². The van der Waals surface area contributed by atoms with Crippen LogP contribution in [0.25, 0.3) is 0 Å². The van der Waals surface area contributed by atoms with Crippen molar-refractivity contribution in [3.05, 3.63) is 35.6 Å². The molecule has 3 rings (SSSR count). The largest absolute Gasteiger partial charge is 0.342 e. The molecule has 2 aliphatic heterocycles. The van der Waals surface area contributed by atoms with E-state index in [1.54, 1.807) is 6.07 Å². The number of carbonyl (C=O) groups is 1. The molecule has 0 bridgehead atoms. The van der Waals surface area contributed by atoms with Gasteiger partial charge in [-0.1, -0.05) is 19.1 Å². The average molecular weight is 313 g/mol. The molecule has 0 aromatic heterocycles. The molecule has 0 spiro atoms. The minimum Gasteiger partial charge on any atom is -0.342 e. The van der Waals surface area contributed by atoms with E-state index in [0.29, 0.717) is 18.3 Å². The molecule has 3 nitrogen and oxygen atoms in total. The lowest BCUT2D eigenvalue weighted by molar-refractivity contribution is -0.134. The second-order valence-corrected chi connectivity index (χ2v) is 6.16. The number of carbonyl (C=O) groups excluding carboxylic acids is 1. The van der Waals surface area contributed by atoms with E-state index in [1.807, 2.05) is 17.9 Å². The van der Waals surface area contributed by atoms with E-state index < -0.39 is 0 Å². The van der Waals surface area contributed by atoms with E-state index in [4.69, 9.17) is 0 Å². The summed E-state index contributed by atoms with van der Waals surface area (Å²) in [6.07, 6.45) is 0.612. The molecule has 1 aromatic rings. The van der Waals surface area contributed by atoms with Crippen molar-refractivity contribution >= 4 is 18.3 Å². The topological polar surface area (TPSA) is 32.3 Å². The Morgan fingerprint density at radius 1 is 1.38 bits per heavy atom. The second-order valence-electron chi connectivity index (χ2n) is 6.16. The van der Waals surface area contributed by atoms with E-state index in [-0.39, 0.29) is 30.0 Å². The molecule has 5 heteroatoms. The Labute approximate surface area is 131 Å². The van der Waals surface area contributed by atoms with Gasteiger partial charge in [-0.05, 0) is 36.0 Å². The van der Waals surface area contributed by atoms with Gasteiger partial charge < -0.3 is 10.2 Å². The van der Waals surface area contributed by atoms with Gasteiger partial charge in [0, 0.05) is 32.1 Å². The van der Waals surface area contributed by atoms with Crippen LogP contribution < -0.4 is 5.32 Å². The van der Waals surface area contributed by atoms with Gasteiger partial charge in [0.1, 0.15) is 5.82 Å². The van der Waals surface area contributed by atoms with Crippen LogP contribution in [0.5, 0.6) is 0 Å². The Morgan fingerprint density at radius 3 is 2.67 bits per heavy atom. The van der Waals surface area contributed by atoms with Crippen LogP contribution in [-0.4, -0.2) is 37.0 Å². The molecule has 116 valence electrons. The average Bonchev–Trinajstić information content (AvgIpc) is 2.98. The quantitative estimate of drug-likeness (QED) is 0.927. The molecule has 1 amide bonds. The molecule has 0 radical (unpaired) electrons. The number of benzene rings is 1. The molecule has 2 aliphatic rings. The first-order valence-corrected chi connectivity index (χ1v) is 7.37. The summed E-state index contributed by atoms with van der Waals surface area (Å²) in [6.45, 7) is 5.77. The highest BCUT2D eigenvalue weighted by Gasteiger charge is 2.38. The molecule has 2 heterocycles. The molecular formula is C16H22ClFN2O. The molecular weight excluding hydrogens is 291 g/mol. The lowest BCUT2D eigenvalue weighted by Crippen LogP contribution is -2.36. The summed E-state index contributed by atoms with van der Waals surface area (Å²) >= 11 is 0. The summed E-state index contributed by atoms with van der Waals surface area (Å²) in [5.41, 5.74) is 0.895. The van der Waals surface area contributed by atoms with Crippen molar-refractivity contribution < 1.29 is 9.18 Å². The molecule has 21 heavy (non-hydrogen) atoms. The number of nitrogens with zero attached hydrogens (tertiary/aromatic N) is 1. The monoisotopic (exact) mass is 312 g/mol. The van der Waals surface area contributed by atoms with Gasteiger partial charge in [0.25, 0.3) is 0 Å². The van der Waals surface area contributed by atoms with Crippen LogP contribution in [-0.2, 0) is 11.2 Å². The molecule has 1 unspecified atom stereocenters. The van der Waals surface area contributed by atoms with Crippen molar-refractivity contribution in [1.29, 1.82) is 0 Å². The number of rotatable bonds is 3. The summed E-state index contributed by atoms with van der Waals surface area (Å²) in [5.74, 6) is 1.15. The fourth-order valence-corrected chi connectivity index (χ4v) is 3.45. The van der Waals surface area contributed by atoms with Crippen LogP contribution in [0, 0.1) is 23.6 Å². The predicted octanol–water partition coefficient (Wildman–Crippen LogP) is 2.10. The van der Waals surface area contributed by atoms with Gasteiger partial charge in [0.2, 0.25) is 5.91 Å². The number of nitrogens with one attached hydrogen (secondary N) is 1. The fourth-order valence-electron chi connectivity index (χ4n) is 3.45. The number of halogens is 2. The standard InChI is InChI=1S/C16H21FN2O.ClH/c1-11(5-12-3-2-4-15(17)6-12)16(20)19-9-13-7-18-8-14(13)10-19;/h2-4,6,11,13-14,18H,5,7-10H2,1H3;1H/t11?,13-,14+;. The van der Waals surface area contributed by atoms with E-state index in [0.717, 1.165) is 31.7 Å². The van der Waals surface area contributed by atoms with Crippen molar-refractivity contribution in [2.24, 2.45) is 17.8 Å². The number of hydrogen-bond donors (Lipinski definition) is 1. The maximum Gasteiger partial charge on any atom is 0.225 e. The van der Waals surface area contributed by atoms with Crippen molar-refractivity contribution in [2.45, 2.75) is 13.3 Å². The third-order valence-corrected chi connectivity index (χ3v) is 4.55. The van der Waals surface area contributed by atoms with Crippen molar-refractivity contribution in [3.63, 3.8) is 0 Å². The SMILES string of the molecule is CC(Cc1cccc(F)c1)C(=O)N1C[C@H]2CNC[C@H]2C1.Cl.